The van der Waals surface area contributed by atoms with Crippen molar-refractivity contribution in [3.63, 3.8) is 0 Å². The lowest BCUT2D eigenvalue weighted by molar-refractivity contribution is -0.193. The number of β-amino-alcohol motifs (C(OH)–C–C–N with tert-alkyl or cyclic N) is 1. The highest BCUT2D eigenvalue weighted by molar-refractivity contribution is 5.87. The summed E-state index contributed by atoms with van der Waals surface area (Å²) in [5.41, 5.74) is 0.822. The van der Waals surface area contributed by atoms with E-state index in [9.17, 15) is 36.2 Å². The highest BCUT2D eigenvalue weighted by Gasteiger charge is 2.49. The minimum absolute atomic E-state index is 0.0398. The number of halogens is 6. The minimum atomic E-state index is -5.08. The van der Waals surface area contributed by atoms with E-state index in [1.165, 1.54) is 5.69 Å². The molecule has 37 heavy (non-hydrogen) atoms. The number of hydrogen-bond donors (Lipinski definition) is 3. The Morgan fingerprint density at radius 3 is 1.84 bits per heavy atom. The average Bonchev–Trinajstić information content (AvgIpc) is 3.19. The molecule has 1 spiro atoms. The minimum Gasteiger partial charge on any atom is -0.475 e. The second-order valence-electron chi connectivity index (χ2n) is 8.35. The highest BCUT2D eigenvalue weighted by atomic mass is 19.4. The molecule has 3 N–H and O–H groups in total. The van der Waals surface area contributed by atoms with Crippen molar-refractivity contribution in [3.05, 3.63) is 18.2 Å². The number of rotatable bonds is 4. The predicted molar refractivity (Wildman–Crippen MR) is 114 cm³/mol. The van der Waals surface area contributed by atoms with Gasteiger partial charge in [0.25, 0.3) is 0 Å². The molecule has 2 aliphatic heterocycles. The van der Waals surface area contributed by atoms with E-state index in [4.69, 9.17) is 19.8 Å². The first kappa shape index (κ1) is 32.1. The van der Waals surface area contributed by atoms with Gasteiger partial charge in [0.2, 0.25) is 5.91 Å². The fourth-order valence-electron chi connectivity index (χ4n) is 3.82. The molecule has 0 saturated carbocycles. The average molecular weight is 549 g/mol. The smallest absolute Gasteiger partial charge is 0.475 e. The number of likely N-dealkylation sites (tertiary alicyclic amines) is 1. The number of piperidine rings is 1. The molecule has 0 radical (unpaired) electrons. The Labute approximate surface area is 207 Å². The van der Waals surface area contributed by atoms with Crippen LogP contribution >= 0.6 is 0 Å². The number of carbonyl (C=O) groups excluding carboxylic acids is 1. The van der Waals surface area contributed by atoms with Crippen LogP contribution in [0.15, 0.2) is 12.5 Å². The van der Waals surface area contributed by atoms with Crippen LogP contribution in [0, 0.1) is 0 Å². The number of imidazole rings is 1. The third kappa shape index (κ3) is 9.15. The molecule has 0 unspecified atom stereocenters. The summed E-state index contributed by atoms with van der Waals surface area (Å²) in [6.07, 6.45) is -4.73. The van der Waals surface area contributed by atoms with Crippen molar-refractivity contribution in [1.82, 2.24) is 24.3 Å². The van der Waals surface area contributed by atoms with Crippen LogP contribution in [-0.2, 0) is 28.0 Å². The maximum absolute atomic E-state index is 12.9. The van der Waals surface area contributed by atoms with Crippen molar-refractivity contribution >= 4 is 17.8 Å². The molecular formula is C20H29F6N5O6. The van der Waals surface area contributed by atoms with Gasteiger partial charge < -0.3 is 24.8 Å². The number of likely N-dealkylation sites (N-methyl/N-ethyl adjacent to an activating group) is 1. The molecule has 2 aliphatic rings. The van der Waals surface area contributed by atoms with E-state index in [-0.39, 0.29) is 18.1 Å². The van der Waals surface area contributed by atoms with Gasteiger partial charge in [-0.05, 0) is 19.9 Å². The van der Waals surface area contributed by atoms with Crippen LogP contribution in [-0.4, -0.2) is 122 Å². The molecule has 11 nitrogen and oxygen atoms in total. The van der Waals surface area contributed by atoms with Crippen molar-refractivity contribution in [1.29, 1.82) is 0 Å². The van der Waals surface area contributed by atoms with Gasteiger partial charge in [-0.15, -0.1) is 0 Å². The summed E-state index contributed by atoms with van der Waals surface area (Å²) < 4.78 is 65.5. The SMILES string of the molecule is CN1CCN(CCO)C(=O)C12CCN(Cc1cncn1C)CC2.O=C(O)C(F)(F)F.O=C(O)C(F)(F)F. The number of nitrogens with zero attached hydrogens (tertiary/aromatic N) is 5. The van der Waals surface area contributed by atoms with E-state index in [1.807, 2.05) is 29.0 Å². The van der Waals surface area contributed by atoms with Crippen LogP contribution in [0.25, 0.3) is 0 Å². The number of aliphatic hydroxyl groups excluding tert-OH is 1. The Bertz CT molecular complexity index is 890. The van der Waals surface area contributed by atoms with Gasteiger partial charge in [0.15, 0.2) is 0 Å². The summed E-state index contributed by atoms with van der Waals surface area (Å²) in [5, 5.41) is 23.4. The Morgan fingerprint density at radius 1 is 0.973 bits per heavy atom. The number of aryl methyl sites for hydroxylation is 1. The molecule has 0 atom stereocenters. The van der Waals surface area contributed by atoms with E-state index >= 15 is 0 Å². The normalized spacial score (nSPS) is 18.5. The summed E-state index contributed by atoms with van der Waals surface area (Å²) in [7, 11) is 4.07. The second-order valence-corrected chi connectivity index (χ2v) is 8.35. The summed E-state index contributed by atoms with van der Waals surface area (Å²) in [6.45, 7) is 4.79. The van der Waals surface area contributed by atoms with E-state index in [0.29, 0.717) is 6.54 Å². The van der Waals surface area contributed by atoms with E-state index in [0.717, 1.165) is 45.6 Å². The fourth-order valence-corrected chi connectivity index (χ4v) is 3.82. The van der Waals surface area contributed by atoms with Crippen LogP contribution in [0.4, 0.5) is 26.3 Å². The largest absolute Gasteiger partial charge is 0.490 e. The van der Waals surface area contributed by atoms with Gasteiger partial charge in [0.1, 0.15) is 5.54 Å². The van der Waals surface area contributed by atoms with Crippen LogP contribution in [0.3, 0.4) is 0 Å². The Kier molecular flexibility index (Phi) is 11.3. The summed E-state index contributed by atoms with van der Waals surface area (Å²) in [4.78, 5) is 41.3. The molecule has 1 aromatic rings. The first-order valence-corrected chi connectivity index (χ1v) is 10.8. The number of piperazine rings is 1. The topological polar surface area (TPSA) is 139 Å². The second kappa shape index (κ2) is 13.0. The lowest BCUT2D eigenvalue weighted by Gasteiger charge is -2.51. The van der Waals surface area contributed by atoms with Gasteiger partial charge in [0.05, 0.1) is 18.6 Å². The molecule has 3 heterocycles. The number of carboxylic acids is 2. The Hall–Kier alpha value is -2.92. The molecule has 0 aromatic carbocycles. The summed E-state index contributed by atoms with van der Waals surface area (Å²) in [6, 6.07) is 0. The van der Waals surface area contributed by atoms with Crippen LogP contribution in [0.5, 0.6) is 0 Å². The third-order valence-electron chi connectivity index (χ3n) is 5.96. The van der Waals surface area contributed by atoms with Crippen LogP contribution < -0.4 is 0 Å². The molecule has 3 rings (SSSR count). The van der Waals surface area contributed by atoms with Crippen molar-refractivity contribution in [2.75, 3.05) is 46.4 Å². The maximum atomic E-state index is 12.9. The van der Waals surface area contributed by atoms with Crippen molar-refractivity contribution in [2.45, 2.75) is 37.3 Å². The monoisotopic (exact) mass is 549 g/mol. The maximum Gasteiger partial charge on any atom is 0.490 e. The van der Waals surface area contributed by atoms with Gasteiger partial charge in [-0.3, -0.25) is 14.6 Å². The number of amides is 1. The molecule has 2 fully saturated rings. The number of aliphatic carboxylic acids is 2. The lowest BCUT2D eigenvalue weighted by Crippen LogP contribution is -2.67. The van der Waals surface area contributed by atoms with E-state index in [1.54, 1.807) is 0 Å². The zero-order chi connectivity index (χ0) is 28.6. The number of hydrogen-bond acceptors (Lipinski definition) is 7. The van der Waals surface area contributed by atoms with Gasteiger partial charge in [-0.2, -0.15) is 26.3 Å². The zero-order valence-corrected chi connectivity index (χ0v) is 20.1. The first-order chi connectivity index (χ1) is 17.0. The fraction of sp³-hybridized carbons (Fsp3) is 0.700. The van der Waals surface area contributed by atoms with Gasteiger partial charge in [0, 0.05) is 52.5 Å². The molecule has 0 aliphatic carbocycles. The Balaban J connectivity index is 0.000000404. The predicted octanol–water partition coefficient (Wildman–Crippen LogP) is 0.788. The number of aromatic nitrogens is 2. The van der Waals surface area contributed by atoms with Crippen molar-refractivity contribution in [2.24, 2.45) is 7.05 Å². The zero-order valence-electron chi connectivity index (χ0n) is 20.1. The molecule has 212 valence electrons. The van der Waals surface area contributed by atoms with Crippen LogP contribution in [0.2, 0.25) is 0 Å². The quantitative estimate of drug-likeness (QED) is 0.465. The number of carboxylic acid groups (broad SMARTS) is 2. The van der Waals surface area contributed by atoms with Crippen molar-refractivity contribution < 1.29 is 56.0 Å². The third-order valence-corrected chi connectivity index (χ3v) is 5.96. The standard InChI is InChI=1S/C16H27N5O2.2C2HF3O2/c1-18-13-17-11-14(18)12-20-5-3-16(4-6-20)15(23)21(9-10-22)8-7-19(16)2;2*3-2(4,5)1(6)7/h11,13,22H,3-10,12H2,1-2H3;2*(H,6,7). The van der Waals surface area contributed by atoms with Gasteiger partial charge in [-0.25, -0.2) is 14.6 Å². The molecule has 2 saturated heterocycles. The summed E-state index contributed by atoms with van der Waals surface area (Å²) >= 11 is 0. The molecule has 17 heteroatoms. The number of carbonyl (C=O) groups is 3. The van der Waals surface area contributed by atoms with Crippen LogP contribution in [0.1, 0.15) is 18.5 Å². The van der Waals surface area contributed by atoms with E-state index < -0.39 is 24.3 Å². The van der Waals surface area contributed by atoms with Gasteiger partial charge in [-0.1, -0.05) is 0 Å². The number of aliphatic hydroxyl groups is 1. The molecule has 1 amide bonds. The number of alkyl halides is 6. The highest BCUT2D eigenvalue weighted by Crippen LogP contribution is 2.33. The first-order valence-electron chi connectivity index (χ1n) is 10.8. The van der Waals surface area contributed by atoms with Gasteiger partial charge >= 0.3 is 24.3 Å². The summed E-state index contributed by atoms with van der Waals surface area (Å²) in [5.74, 6) is -5.32. The molecule has 0 bridgehead atoms. The van der Waals surface area contributed by atoms with Crippen molar-refractivity contribution in [3.8, 4) is 0 Å². The Morgan fingerprint density at radius 2 is 1.46 bits per heavy atom. The molecule has 1 aromatic heterocycles. The van der Waals surface area contributed by atoms with E-state index in [2.05, 4.69) is 21.8 Å². The molecular weight excluding hydrogens is 520 g/mol. The lowest BCUT2D eigenvalue weighted by atomic mass is 9.82.